The first-order valence-corrected chi connectivity index (χ1v) is 16.4. The molecule has 0 aliphatic heterocycles. The average molecular weight is 629 g/mol. The van der Waals surface area contributed by atoms with Gasteiger partial charge in [-0.25, -0.2) is 0 Å². The Bertz CT molecular complexity index is 2820. The van der Waals surface area contributed by atoms with Crippen molar-refractivity contribution in [2.24, 2.45) is 0 Å². The van der Waals surface area contributed by atoms with Crippen LogP contribution in [0, 0.1) is 0 Å². The van der Waals surface area contributed by atoms with Crippen molar-refractivity contribution < 1.29 is 8.83 Å². The van der Waals surface area contributed by atoms with Crippen molar-refractivity contribution in [1.29, 1.82) is 0 Å². The minimum absolute atomic E-state index is 0.790. The zero-order chi connectivity index (χ0) is 32.3. The van der Waals surface area contributed by atoms with Gasteiger partial charge in [0.1, 0.15) is 11.2 Å². The van der Waals surface area contributed by atoms with Gasteiger partial charge in [0.25, 0.3) is 0 Å². The lowest BCUT2D eigenvalue weighted by molar-refractivity contribution is 0.668. The quantitative estimate of drug-likeness (QED) is 0.190. The molecular formula is C45H28N2O2. The molecule has 0 saturated carbocycles. The monoisotopic (exact) mass is 628 g/mol. The van der Waals surface area contributed by atoms with Crippen LogP contribution in [0.5, 0.6) is 0 Å². The van der Waals surface area contributed by atoms with E-state index in [0.717, 1.165) is 72.1 Å². The Morgan fingerprint density at radius 3 is 1.80 bits per heavy atom. The second-order valence-corrected chi connectivity index (χ2v) is 12.4. The van der Waals surface area contributed by atoms with Crippen molar-refractivity contribution >= 4 is 71.7 Å². The molecule has 3 heterocycles. The third-order valence-electron chi connectivity index (χ3n) is 9.59. The average Bonchev–Trinajstić information content (AvgIpc) is 3.75. The minimum atomic E-state index is 0.790. The van der Waals surface area contributed by atoms with Crippen molar-refractivity contribution in [3.63, 3.8) is 0 Å². The molecule has 0 spiro atoms. The molecule has 0 unspecified atom stereocenters. The van der Waals surface area contributed by atoms with Crippen LogP contribution in [-0.2, 0) is 0 Å². The SMILES string of the molecule is c1ccc2c(-c3ccc(N(c4ccc(-c5cccc6c5oc5cnccc56)cc4)c4cccc5c4oc4ccccc45)cc3)cccc2c1. The molecule has 0 N–H and O–H groups in total. The first kappa shape index (κ1) is 27.5. The Kier molecular flexibility index (Phi) is 6.15. The molecule has 4 nitrogen and oxygen atoms in total. The zero-order valence-electron chi connectivity index (χ0n) is 26.4. The van der Waals surface area contributed by atoms with E-state index < -0.39 is 0 Å². The fourth-order valence-electron chi connectivity index (χ4n) is 7.27. The number of para-hydroxylation sites is 3. The van der Waals surface area contributed by atoms with E-state index >= 15 is 0 Å². The number of benzene rings is 7. The van der Waals surface area contributed by atoms with Crippen LogP contribution < -0.4 is 4.90 Å². The van der Waals surface area contributed by atoms with Gasteiger partial charge in [-0.1, -0.05) is 115 Å². The van der Waals surface area contributed by atoms with Crippen LogP contribution in [0.4, 0.5) is 17.1 Å². The van der Waals surface area contributed by atoms with Crippen LogP contribution in [0.25, 0.3) is 76.9 Å². The summed E-state index contributed by atoms with van der Waals surface area (Å²) in [6, 6.07) is 55.5. The number of rotatable bonds is 5. The maximum absolute atomic E-state index is 6.56. The molecule has 0 saturated heterocycles. The molecule has 10 rings (SSSR count). The summed E-state index contributed by atoms with van der Waals surface area (Å²) in [5.74, 6) is 0. The van der Waals surface area contributed by atoms with Gasteiger partial charge < -0.3 is 13.7 Å². The van der Waals surface area contributed by atoms with Crippen molar-refractivity contribution in [3.05, 3.63) is 170 Å². The molecule has 4 heteroatoms. The van der Waals surface area contributed by atoms with Crippen LogP contribution in [0.1, 0.15) is 0 Å². The molecule has 10 aromatic rings. The van der Waals surface area contributed by atoms with Crippen LogP contribution in [0.2, 0.25) is 0 Å². The zero-order valence-corrected chi connectivity index (χ0v) is 26.4. The van der Waals surface area contributed by atoms with Gasteiger partial charge in [-0.05, 0) is 69.9 Å². The topological polar surface area (TPSA) is 42.4 Å². The van der Waals surface area contributed by atoms with Gasteiger partial charge in [-0.3, -0.25) is 4.98 Å². The number of nitrogens with zero attached hydrogens (tertiary/aromatic N) is 2. The van der Waals surface area contributed by atoms with Crippen molar-refractivity contribution in [1.82, 2.24) is 4.98 Å². The molecule has 49 heavy (non-hydrogen) atoms. The largest absolute Gasteiger partial charge is 0.454 e. The van der Waals surface area contributed by atoms with E-state index in [2.05, 4.69) is 149 Å². The van der Waals surface area contributed by atoms with Crippen LogP contribution in [0.15, 0.2) is 179 Å². The molecule has 0 atom stereocenters. The molecule has 0 radical (unpaired) electrons. The Balaban J connectivity index is 1.12. The number of hydrogen-bond acceptors (Lipinski definition) is 4. The van der Waals surface area contributed by atoms with Crippen LogP contribution in [-0.4, -0.2) is 4.98 Å². The Labute approximate surface area is 282 Å². The smallest absolute Gasteiger partial charge is 0.159 e. The van der Waals surface area contributed by atoms with Gasteiger partial charge in [0.15, 0.2) is 11.2 Å². The maximum atomic E-state index is 6.56. The van der Waals surface area contributed by atoms with E-state index in [1.165, 1.54) is 21.9 Å². The summed E-state index contributed by atoms with van der Waals surface area (Å²) in [5.41, 5.74) is 10.9. The summed E-state index contributed by atoms with van der Waals surface area (Å²) in [6.07, 6.45) is 3.59. The summed E-state index contributed by atoms with van der Waals surface area (Å²) < 4.78 is 12.9. The van der Waals surface area contributed by atoms with Gasteiger partial charge >= 0.3 is 0 Å². The third-order valence-corrected chi connectivity index (χ3v) is 9.59. The molecule has 0 bridgehead atoms. The molecule has 3 aromatic heterocycles. The van der Waals surface area contributed by atoms with Crippen molar-refractivity contribution in [2.75, 3.05) is 4.90 Å². The number of hydrogen-bond donors (Lipinski definition) is 0. The summed E-state index contributed by atoms with van der Waals surface area (Å²) in [5, 5.41) is 6.83. The number of pyridine rings is 1. The lowest BCUT2D eigenvalue weighted by atomic mass is 9.98. The highest BCUT2D eigenvalue weighted by molar-refractivity contribution is 6.11. The standard InChI is InChI=1S/C45H28N2O2/c1-2-10-34-29(8-1)9-5-12-35(34)30-18-22-32(23-19-30)47(41-16-7-15-40-37-11-3-4-17-42(37)48-45(40)41)33-24-20-31(21-25-33)36-13-6-14-39-38-26-27-46-28-43(38)49-44(36)39/h1-28H. The van der Waals surface area contributed by atoms with E-state index in [9.17, 15) is 0 Å². The molecule has 7 aromatic carbocycles. The summed E-state index contributed by atoms with van der Waals surface area (Å²) in [6.45, 7) is 0. The fraction of sp³-hybridized carbons (Fsp3) is 0. The molecule has 0 aliphatic rings. The normalized spacial score (nSPS) is 11.7. The van der Waals surface area contributed by atoms with Crippen molar-refractivity contribution in [2.45, 2.75) is 0 Å². The molecule has 230 valence electrons. The highest BCUT2D eigenvalue weighted by Crippen LogP contribution is 2.44. The highest BCUT2D eigenvalue weighted by atomic mass is 16.3. The van der Waals surface area contributed by atoms with Crippen molar-refractivity contribution in [3.8, 4) is 22.3 Å². The number of furan rings is 2. The Morgan fingerprint density at radius 1 is 0.408 bits per heavy atom. The number of fused-ring (bicyclic) bond motifs is 7. The van der Waals surface area contributed by atoms with Crippen LogP contribution in [0.3, 0.4) is 0 Å². The highest BCUT2D eigenvalue weighted by Gasteiger charge is 2.20. The molecule has 0 amide bonds. The second-order valence-electron chi connectivity index (χ2n) is 12.4. The Morgan fingerprint density at radius 2 is 0.980 bits per heavy atom. The summed E-state index contributed by atoms with van der Waals surface area (Å²) in [4.78, 5) is 6.55. The second kappa shape index (κ2) is 11.0. The van der Waals surface area contributed by atoms with E-state index in [4.69, 9.17) is 8.83 Å². The molecule has 0 fully saturated rings. The third kappa shape index (κ3) is 4.42. The van der Waals surface area contributed by atoms with E-state index in [-0.39, 0.29) is 0 Å². The van der Waals surface area contributed by atoms with Gasteiger partial charge in [0.2, 0.25) is 0 Å². The summed E-state index contributed by atoms with van der Waals surface area (Å²) >= 11 is 0. The lowest BCUT2D eigenvalue weighted by Gasteiger charge is -2.26. The summed E-state index contributed by atoms with van der Waals surface area (Å²) in [7, 11) is 0. The van der Waals surface area contributed by atoms with E-state index in [1.807, 2.05) is 24.4 Å². The number of anilines is 3. The van der Waals surface area contributed by atoms with Gasteiger partial charge in [0, 0.05) is 44.7 Å². The first-order chi connectivity index (χ1) is 24.3. The van der Waals surface area contributed by atoms with Gasteiger partial charge in [-0.15, -0.1) is 0 Å². The lowest BCUT2D eigenvalue weighted by Crippen LogP contribution is -2.10. The maximum Gasteiger partial charge on any atom is 0.159 e. The van der Waals surface area contributed by atoms with E-state index in [0.29, 0.717) is 0 Å². The first-order valence-electron chi connectivity index (χ1n) is 16.4. The number of aromatic nitrogens is 1. The predicted molar refractivity (Wildman–Crippen MR) is 202 cm³/mol. The van der Waals surface area contributed by atoms with E-state index in [1.54, 1.807) is 6.20 Å². The predicted octanol–water partition coefficient (Wildman–Crippen LogP) is 12.8. The van der Waals surface area contributed by atoms with Gasteiger partial charge in [0.05, 0.1) is 11.9 Å². The minimum Gasteiger partial charge on any atom is -0.454 e. The van der Waals surface area contributed by atoms with Gasteiger partial charge in [-0.2, -0.15) is 0 Å². The Hall–Kier alpha value is -6.65. The molecule has 0 aliphatic carbocycles. The van der Waals surface area contributed by atoms with Crippen LogP contribution >= 0.6 is 0 Å². The molecular weight excluding hydrogens is 601 g/mol. The fourth-order valence-corrected chi connectivity index (χ4v) is 7.27.